The molecule has 0 amide bonds. The van der Waals surface area contributed by atoms with Crippen molar-refractivity contribution in [1.29, 1.82) is 0 Å². The van der Waals surface area contributed by atoms with Crippen molar-refractivity contribution in [2.45, 2.75) is 13.5 Å². The SMILES string of the molecule is Cc1cc2c(c(Cl)c1-c1ccccc1)-c1ccccc1OC2. The van der Waals surface area contributed by atoms with Crippen LogP contribution in [0.1, 0.15) is 11.1 Å². The summed E-state index contributed by atoms with van der Waals surface area (Å²) >= 11 is 6.84. The van der Waals surface area contributed by atoms with Gasteiger partial charge in [0, 0.05) is 16.7 Å². The normalized spacial score (nSPS) is 12.3. The fourth-order valence-corrected chi connectivity index (χ4v) is 3.64. The smallest absolute Gasteiger partial charge is 0.127 e. The van der Waals surface area contributed by atoms with Gasteiger partial charge in [0.1, 0.15) is 12.4 Å². The third-order valence-corrected chi connectivity index (χ3v) is 4.53. The number of hydrogen-bond donors (Lipinski definition) is 0. The van der Waals surface area contributed by atoms with E-state index in [0.717, 1.165) is 38.6 Å². The molecule has 22 heavy (non-hydrogen) atoms. The molecule has 0 N–H and O–H groups in total. The summed E-state index contributed by atoms with van der Waals surface area (Å²) in [4.78, 5) is 0. The molecule has 1 aliphatic rings. The Balaban J connectivity index is 2.02. The average Bonchev–Trinajstić information content (AvgIpc) is 2.55. The molecule has 0 fully saturated rings. The molecule has 0 atom stereocenters. The van der Waals surface area contributed by atoms with Crippen molar-refractivity contribution >= 4 is 11.6 Å². The van der Waals surface area contributed by atoms with Gasteiger partial charge in [0.15, 0.2) is 0 Å². The largest absolute Gasteiger partial charge is 0.488 e. The molecule has 0 spiro atoms. The van der Waals surface area contributed by atoms with E-state index >= 15 is 0 Å². The summed E-state index contributed by atoms with van der Waals surface area (Å²) in [6.45, 7) is 2.68. The second-order valence-corrected chi connectivity index (χ2v) is 5.95. The van der Waals surface area contributed by atoms with Gasteiger partial charge >= 0.3 is 0 Å². The first kappa shape index (κ1) is 13.4. The zero-order valence-corrected chi connectivity index (χ0v) is 13.0. The summed E-state index contributed by atoms with van der Waals surface area (Å²) in [6, 6.07) is 20.6. The predicted octanol–water partition coefficient (Wildman–Crippen LogP) is 5.87. The first-order valence-electron chi connectivity index (χ1n) is 7.35. The number of rotatable bonds is 1. The lowest BCUT2D eigenvalue weighted by Crippen LogP contribution is -2.07. The Bertz CT molecular complexity index is 853. The van der Waals surface area contributed by atoms with Crippen LogP contribution < -0.4 is 4.74 Å². The molecule has 1 aliphatic heterocycles. The zero-order chi connectivity index (χ0) is 15.1. The Morgan fingerprint density at radius 3 is 2.45 bits per heavy atom. The van der Waals surface area contributed by atoms with Gasteiger partial charge in [0.05, 0.1) is 5.02 Å². The minimum absolute atomic E-state index is 0.571. The van der Waals surface area contributed by atoms with Crippen LogP contribution in [0.5, 0.6) is 5.75 Å². The van der Waals surface area contributed by atoms with Crippen molar-refractivity contribution in [1.82, 2.24) is 0 Å². The van der Waals surface area contributed by atoms with E-state index in [1.54, 1.807) is 0 Å². The summed E-state index contributed by atoms with van der Waals surface area (Å²) in [6.07, 6.45) is 0. The van der Waals surface area contributed by atoms with Crippen LogP contribution in [-0.4, -0.2) is 0 Å². The number of para-hydroxylation sites is 1. The van der Waals surface area contributed by atoms with Gasteiger partial charge in [0.25, 0.3) is 0 Å². The second kappa shape index (κ2) is 5.19. The molecule has 4 rings (SSSR count). The molecule has 0 saturated carbocycles. The van der Waals surface area contributed by atoms with Gasteiger partial charge < -0.3 is 4.74 Å². The van der Waals surface area contributed by atoms with Crippen LogP contribution in [0.15, 0.2) is 60.7 Å². The minimum atomic E-state index is 0.571. The van der Waals surface area contributed by atoms with Crippen molar-refractivity contribution in [2.75, 3.05) is 0 Å². The molecular weight excluding hydrogens is 292 g/mol. The number of ether oxygens (including phenoxy) is 1. The highest BCUT2D eigenvalue weighted by atomic mass is 35.5. The minimum Gasteiger partial charge on any atom is -0.488 e. The quantitative estimate of drug-likeness (QED) is 0.546. The number of halogens is 1. The van der Waals surface area contributed by atoms with E-state index in [9.17, 15) is 0 Å². The van der Waals surface area contributed by atoms with Crippen molar-refractivity contribution in [3.05, 3.63) is 76.8 Å². The Kier molecular flexibility index (Phi) is 3.16. The van der Waals surface area contributed by atoms with Gasteiger partial charge in [-0.1, -0.05) is 66.2 Å². The van der Waals surface area contributed by atoms with Gasteiger partial charge in [-0.3, -0.25) is 0 Å². The Hall–Kier alpha value is -2.25. The van der Waals surface area contributed by atoms with Crippen molar-refractivity contribution in [2.24, 2.45) is 0 Å². The van der Waals surface area contributed by atoms with E-state index in [1.165, 1.54) is 5.56 Å². The van der Waals surface area contributed by atoms with E-state index in [2.05, 4.69) is 31.2 Å². The van der Waals surface area contributed by atoms with Crippen LogP contribution in [0.25, 0.3) is 22.3 Å². The van der Waals surface area contributed by atoms with Gasteiger partial charge in [-0.15, -0.1) is 0 Å². The molecule has 0 bridgehead atoms. The third kappa shape index (κ3) is 2.01. The molecular formula is C20H15ClO. The van der Waals surface area contributed by atoms with Crippen LogP contribution in [-0.2, 0) is 6.61 Å². The second-order valence-electron chi connectivity index (χ2n) is 5.57. The molecule has 108 valence electrons. The standard InChI is InChI=1S/C20H15ClO/c1-13-11-15-12-22-17-10-6-5-9-16(17)19(15)20(21)18(13)14-7-3-2-4-8-14/h2-11H,12H2,1H3. The summed E-state index contributed by atoms with van der Waals surface area (Å²) < 4.78 is 5.85. The topological polar surface area (TPSA) is 9.23 Å². The highest BCUT2D eigenvalue weighted by Gasteiger charge is 2.23. The Morgan fingerprint density at radius 1 is 0.909 bits per heavy atom. The van der Waals surface area contributed by atoms with Crippen LogP contribution in [0.2, 0.25) is 5.02 Å². The highest BCUT2D eigenvalue weighted by Crippen LogP contribution is 2.46. The molecule has 3 aromatic carbocycles. The van der Waals surface area contributed by atoms with Crippen molar-refractivity contribution in [3.63, 3.8) is 0 Å². The molecule has 0 aliphatic carbocycles. The van der Waals surface area contributed by atoms with Crippen LogP contribution in [0.3, 0.4) is 0 Å². The van der Waals surface area contributed by atoms with Gasteiger partial charge in [-0.25, -0.2) is 0 Å². The maximum atomic E-state index is 6.84. The monoisotopic (exact) mass is 306 g/mol. The first-order valence-corrected chi connectivity index (χ1v) is 7.73. The van der Waals surface area contributed by atoms with Gasteiger partial charge in [-0.2, -0.15) is 0 Å². The van der Waals surface area contributed by atoms with E-state index < -0.39 is 0 Å². The van der Waals surface area contributed by atoms with E-state index in [0.29, 0.717) is 6.61 Å². The first-order chi connectivity index (χ1) is 10.8. The third-order valence-electron chi connectivity index (χ3n) is 4.15. The molecule has 0 radical (unpaired) electrons. The lowest BCUT2D eigenvalue weighted by molar-refractivity contribution is 0.302. The molecule has 3 aromatic rings. The highest BCUT2D eigenvalue weighted by molar-refractivity contribution is 6.36. The summed E-state index contributed by atoms with van der Waals surface area (Å²) in [5.74, 6) is 0.903. The number of aryl methyl sites for hydroxylation is 1. The molecule has 2 heteroatoms. The molecule has 0 aromatic heterocycles. The van der Waals surface area contributed by atoms with Gasteiger partial charge in [-0.05, 0) is 29.7 Å². The number of benzene rings is 3. The average molecular weight is 307 g/mol. The van der Waals surface area contributed by atoms with Crippen molar-refractivity contribution in [3.8, 4) is 28.0 Å². The van der Waals surface area contributed by atoms with Crippen LogP contribution >= 0.6 is 11.6 Å². The summed E-state index contributed by atoms with van der Waals surface area (Å²) in [7, 11) is 0. The molecule has 0 saturated heterocycles. The maximum Gasteiger partial charge on any atom is 0.127 e. The number of hydrogen-bond acceptors (Lipinski definition) is 1. The van der Waals surface area contributed by atoms with Crippen LogP contribution in [0.4, 0.5) is 0 Å². The van der Waals surface area contributed by atoms with Gasteiger partial charge in [0.2, 0.25) is 0 Å². The fraction of sp³-hybridized carbons (Fsp3) is 0.100. The fourth-order valence-electron chi connectivity index (χ4n) is 3.16. The zero-order valence-electron chi connectivity index (χ0n) is 12.3. The Labute approximate surface area is 135 Å². The Morgan fingerprint density at radius 2 is 1.64 bits per heavy atom. The molecule has 1 nitrogen and oxygen atoms in total. The van der Waals surface area contributed by atoms with E-state index in [1.807, 2.05) is 36.4 Å². The van der Waals surface area contributed by atoms with E-state index in [-0.39, 0.29) is 0 Å². The summed E-state index contributed by atoms with van der Waals surface area (Å²) in [5, 5.41) is 0.817. The number of fused-ring (bicyclic) bond motifs is 3. The van der Waals surface area contributed by atoms with Crippen LogP contribution in [0, 0.1) is 6.92 Å². The predicted molar refractivity (Wildman–Crippen MR) is 91.4 cm³/mol. The lowest BCUT2D eigenvalue weighted by atomic mass is 9.89. The lowest BCUT2D eigenvalue weighted by Gasteiger charge is -2.24. The van der Waals surface area contributed by atoms with Crippen molar-refractivity contribution < 1.29 is 4.74 Å². The molecule has 1 heterocycles. The molecule has 0 unspecified atom stereocenters. The maximum absolute atomic E-state index is 6.84. The summed E-state index contributed by atoms with van der Waals surface area (Å²) in [5.41, 5.74) is 6.77. The van der Waals surface area contributed by atoms with E-state index in [4.69, 9.17) is 16.3 Å².